The molecule has 0 aliphatic carbocycles. The fourth-order valence-electron chi connectivity index (χ4n) is 2.28. The number of hydrogen-bond donors (Lipinski definition) is 3. The van der Waals surface area contributed by atoms with E-state index in [9.17, 15) is 5.11 Å². The highest BCUT2D eigenvalue weighted by atomic mass is 16.3. The first-order chi connectivity index (χ1) is 8.98. The number of rotatable bonds is 4. The Labute approximate surface area is 113 Å². The van der Waals surface area contributed by atoms with E-state index in [-0.39, 0.29) is 0 Å². The number of β-amino-alcohol motifs (C(OH)–C–C–N with tert-alkyl or cyclic N) is 1. The Hall–Kier alpha value is -1.44. The topological polar surface area (TPSA) is 90.5 Å². The van der Waals surface area contributed by atoms with Crippen molar-refractivity contribution in [2.45, 2.75) is 19.4 Å². The van der Waals surface area contributed by atoms with Crippen molar-refractivity contribution < 1.29 is 5.11 Å². The number of aromatic nitrogens is 2. The molecule has 1 fully saturated rings. The van der Waals surface area contributed by atoms with Crippen molar-refractivity contribution in [2.24, 2.45) is 5.84 Å². The molecule has 0 atom stereocenters. The monoisotopic (exact) mass is 266 g/mol. The van der Waals surface area contributed by atoms with E-state index in [1.54, 1.807) is 6.20 Å². The second-order valence-electron chi connectivity index (χ2n) is 5.46. The summed E-state index contributed by atoms with van der Waals surface area (Å²) in [6.45, 7) is 7.97. The third-order valence-electron chi connectivity index (χ3n) is 3.08. The molecule has 1 aliphatic rings. The SMILES string of the molecule is CC(C)(O)CN1CCN(c2ccnc(NN)n2)CC1. The highest BCUT2D eigenvalue weighted by Gasteiger charge is 2.23. The van der Waals surface area contributed by atoms with Crippen LogP contribution < -0.4 is 16.2 Å². The van der Waals surface area contributed by atoms with Crippen LogP contribution in [-0.4, -0.2) is 58.3 Å². The van der Waals surface area contributed by atoms with Gasteiger partial charge in [-0.1, -0.05) is 0 Å². The Morgan fingerprint density at radius 2 is 2.05 bits per heavy atom. The van der Waals surface area contributed by atoms with Gasteiger partial charge in [-0.3, -0.25) is 10.3 Å². The lowest BCUT2D eigenvalue weighted by Gasteiger charge is -2.37. The zero-order chi connectivity index (χ0) is 13.9. The number of piperazine rings is 1. The number of nitrogens with two attached hydrogens (primary N) is 1. The van der Waals surface area contributed by atoms with E-state index < -0.39 is 5.60 Å². The molecule has 7 nitrogen and oxygen atoms in total. The van der Waals surface area contributed by atoms with E-state index >= 15 is 0 Å². The molecule has 106 valence electrons. The van der Waals surface area contributed by atoms with Crippen molar-refractivity contribution in [2.75, 3.05) is 43.0 Å². The van der Waals surface area contributed by atoms with E-state index in [0.717, 1.165) is 32.0 Å². The molecule has 0 radical (unpaired) electrons. The fourth-order valence-corrected chi connectivity index (χ4v) is 2.28. The van der Waals surface area contributed by atoms with Gasteiger partial charge in [0.15, 0.2) is 0 Å². The van der Waals surface area contributed by atoms with Gasteiger partial charge >= 0.3 is 0 Å². The second-order valence-corrected chi connectivity index (χ2v) is 5.46. The normalized spacial score (nSPS) is 17.6. The molecular formula is C12H22N6O. The van der Waals surface area contributed by atoms with Crippen LogP contribution in [0.4, 0.5) is 11.8 Å². The van der Waals surface area contributed by atoms with E-state index in [4.69, 9.17) is 5.84 Å². The molecule has 2 rings (SSSR count). The Morgan fingerprint density at radius 1 is 1.37 bits per heavy atom. The minimum Gasteiger partial charge on any atom is -0.389 e. The van der Waals surface area contributed by atoms with Gasteiger partial charge in [0.05, 0.1) is 5.60 Å². The van der Waals surface area contributed by atoms with Crippen LogP contribution in [0.25, 0.3) is 0 Å². The molecule has 1 saturated heterocycles. The first-order valence-corrected chi connectivity index (χ1v) is 6.47. The predicted molar refractivity (Wildman–Crippen MR) is 74.8 cm³/mol. The number of hydrogen-bond acceptors (Lipinski definition) is 7. The van der Waals surface area contributed by atoms with Gasteiger partial charge in [0.2, 0.25) is 5.95 Å². The summed E-state index contributed by atoms with van der Waals surface area (Å²) < 4.78 is 0. The van der Waals surface area contributed by atoms with Gasteiger partial charge in [-0.15, -0.1) is 0 Å². The van der Waals surface area contributed by atoms with Gasteiger partial charge in [-0.25, -0.2) is 10.8 Å². The number of nitrogens with one attached hydrogen (secondary N) is 1. The quantitative estimate of drug-likeness (QED) is 0.507. The van der Waals surface area contributed by atoms with Gasteiger partial charge in [0, 0.05) is 38.9 Å². The molecule has 1 aromatic rings. The van der Waals surface area contributed by atoms with E-state index in [0.29, 0.717) is 12.5 Å². The van der Waals surface area contributed by atoms with Crippen LogP contribution in [0.2, 0.25) is 0 Å². The van der Waals surface area contributed by atoms with Crippen LogP contribution in [0, 0.1) is 0 Å². The van der Waals surface area contributed by atoms with Crippen molar-refractivity contribution in [3.8, 4) is 0 Å². The number of hydrazine groups is 1. The molecule has 2 heterocycles. The molecule has 0 bridgehead atoms. The molecule has 0 spiro atoms. The first-order valence-electron chi connectivity index (χ1n) is 6.47. The average molecular weight is 266 g/mol. The lowest BCUT2D eigenvalue weighted by atomic mass is 10.1. The van der Waals surface area contributed by atoms with E-state index in [1.807, 2.05) is 19.9 Å². The molecule has 19 heavy (non-hydrogen) atoms. The molecule has 7 heteroatoms. The largest absolute Gasteiger partial charge is 0.389 e. The highest BCUT2D eigenvalue weighted by Crippen LogP contribution is 2.15. The van der Waals surface area contributed by atoms with E-state index in [2.05, 4.69) is 25.2 Å². The van der Waals surface area contributed by atoms with Gasteiger partial charge in [0.1, 0.15) is 5.82 Å². The first kappa shape index (κ1) is 14.0. The number of anilines is 2. The minimum atomic E-state index is -0.645. The average Bonchev–Trinajstić information content (AvgIpc) is 2.38. The zero-order valence-electron chi connectivity index (χ0n) is 11.5. The summed E-state index contributed by atoms with van der Waals surface area (Å²) in [4.78, 5) is 12.8. The molecule has 1 aliphatic heterocycles. The van der Waals surface area contributed by atoms with Crippen LogP contribution in [0.3, 0.4) is 0 Å². The van der Waals surface area contributed by atoms with Crippen molar-refractivity contribution in [1.82, 2.24) is 14.9 Å². The summed E-state index contributed by atoms with van der Waals surface area (Å²) in [5.74, 6) is 6.62. The minimum absolute atomic E-state index is 0.427. The summed E-state index contributed by atoms with van der Waals surface area (Å²) in [5.41, 5.74) is 1.81. The van der Waals surface area contributed by atoms with Crippen LogP contribution >= 0.6 is 0 Å². The summed E-state index contributed by atoms with van der Waals surface area (Å²) in [6, 6.07) is 1.88. The van der Waals surface area contributed by atoms with Crippen LogP contribution in [0.1, 0.15) is 13.8 Å². The molecule has 0 aromatic carbocycles. The van der Waals surface area contributed by atoms with Crippen LogP contribution in [0.5, 0.6) is 0 Å². The van der Waals surface area contributed by atoms with Crippen molar-refractivity contribution in [3.63, 3.8) is 0 Å². The third-order valence-corrected chi connectivity index (χ3v) is 3.08. The maximum absolute atomic E-state index is 9.82. The summed E-state index contributed by atoms with van der Waals surface area (Å²) in [7, 11) is 0. The number of aliphatic hydroxyl groups is 1. The van der Waals surface area contributed by atoms with Crippen molar-refractivity contribution >= 4 is 11.8 Å². The van der Waals surface area contributed by atoms with Crippen molar-refractivity contribution in [1.29, 1.82) is 0 Å². The maximum Gasteiger partial charge on any atom is 0.239 e. The van der Waals surface area contributed by atoms with Gasteiger partial charge in [0.25, 0.3) is 0 Å². The van der Waals surface area contributed by atoms with Crippen LogP contribution in [0.15, 0.2) is 12.3 Å². The highest BCUT2D eigenvalue weighted by molar-refractivity contribution is 5.42. The van der Waals surface area contributed by atoms with E-state index in [1.165, 1.54) is 0 Å². The smallest absolute Gasteiger partial charge is 0.239 e. The van der Waals surface area contributed by atoms with Gasteiger partial charge in [-0.05, 0) is 19.9 Å². The summed E-state index contributed by atoms with van der Waals surface area (Å²) >= 11 is 0. The Bertz CT molecular complexity index is 411. The molecular weight excluding hydrogens is 244 g/mol. The lowest BCUT2D eigenvalue weighted by Crippen LogP contribution is -2.50. The van der Waals surface area contributed by atoms with Crippen molar-refractivity contribution in [3.05, 3.63) is 12.3 Å². The Balaban J connectivity index is 1.92. The predicted octanol–water partition coefficient (Wildman–Crippen LogP) is -0.345. The summed E-state index contributed by atoms with van der Waals surface area (Å²) in [6.07, 6.45) is 1.70. The standard InChI is InChI=1S/C12H22N6O/c1-12(2,19)9-17-5-7-18(8-6-17)10-3-4-14-11(15-10)16-13/h3-4,19H,5-9,13H2,1-2H3,(H,14,15,16). The molecule has 0 unspecified atom stereocenters. The molecule has 0 amide bonds. The van der Waals surface area contributed by atoms with Gasteiger partial charge in [-0.2, -0.15) is 4.98 Å². The molecule has 4 N–H and O–H groups in total. The fraction of sp³-hybridized carbons (Fsp3) is 0.667. The summed E-state index contributed by atoms with van der Waals surface area (Å²) in [5, 5.41) is 9.82. The third kappa shape index (κ3) is 4.02. The van der Waals surface area contributed by atoms with Crippen LogP contribution in [-0.2, 0) is 0 Å². The second kappa shape index (κ2) is 5.68. The number of nitrogens with zero attached hydrogens (tertiary/aromatic N) is 4. The Morgan fingerprint density at radius 3 is 2.63 bits per heavy atom. The molecule has 1 aromatic heterocycles. The zero-order valence-corrected chi connectivity index (χ0v) is 11.5. The Kier molecular flexibility index (Phi) is 4.18. The van der Waals surface area contributed by atoms with Gasteiger partial charge < -0.3 is 10.0 Å². The maximum atomic E-state index is 9.82. The molecule has 0 saturated carbocycles. The lowest BCUT2D eigenvalue weighted by molar-refractivity contribution is 0.0344. The number of nitrogen functional groups attached to an aromatic ring is 1.